The topological polar surface area (TPSA) is 92.7 Å². The summed E-state index contributed by atoms with van der Waals surface area (Å²) in [6, 6.07) is 0. The van der Waals surface area contributed by atoms with Gasteiger partial charge in [-0.05, 0) is 37.7 Å². The Labute approximate surface area is 138 Å². The Morgan fingerprint density at radius 3 is 2.74 bits per heavy atom. The van der Waals surface area contributed by atoms with Gasteiger partial charge in [0, 0.05) is 11.3 Å². The normalized spacial score (nSPS) is 16.5. The molecule has 126 valence electrons. The molecule has 1 amide bonds. The molecule has 1 aromatic heterocycles. The number of thiophene rings is 1. The monoisotopic (exact) mass is 339 g/mol. The van der Waals surface area contributed by atoms with Crippen LogP contribution < -0.4 is 5.32 Å². The van der Waals surface area contributed by atoms with Crippen LogP contribution in [-0.2, 0) is 20.7 Å². The molecule has 0 saturated carbocycles. The Hall–Kier alpha value is -1.89. The zero-order valence-electron chi connectivity index (χ0n) is 13.3. The summed E-state index contributed by atoms with van der Waals surface area (Å²) in [6.07, 6.45) is 2.60. The van der Waals surface area contributed by atoms with E-state index in [-0.39, 0.29) is 25.4 Å². The van der Waals surface area contributed by atoms with Crippen molar-refractivity contribution >= 4 is 34.2 Å². The number of esters is 1. The second-order valence-corrected chi connectivity index (χ2v) is 6.70. The molecular formula is C16H21NO5S. The van der Waals surface area contributed by atoms with E-state index in [0.29, 0.717) is 10.6 Å². The SMILES string of the molecule is CCOC(=O)c1c(NC(=O)CCC(=O)O)sc2c1[C@@H](C)CCC2. The molecule has 1 aliphatic rings. The first kappa shape index (κ1) is 17.5. The molecular weight excluding hydrogens is 318 g/mol. The maximum Gasteiger partial charge on any atom is 0.341 e. The Morgan fingerprint density at radius 2 is 2.09 bits per heavy atom. The molecule has 0 aliphatic heterocycles. The van der Waals surface area contributed by atoms with Gasteiger partial charge in [-0.2, -0.15) is 0 Å². The number of carbonyl (C=O) groups excluding carboxylic acids is 2. The van der Waals surface area contributed by atoms with Gasteiger partial charge in [-0.1, -0.05) is 6.92 Å². The summed E-state index contributed by atoms with van der Waals surface area (Å²) in [6.45, 7) is 4.08. The fourth-order valence-electron chi connectivity index (χ4n) is 2.81. The van der Waals surface area contributed by atoms with Crippen molar-refractivity contribution in [2.45, 2.75) is 51.9 Å². The van der Waals surface area contributed by atoms with E-state index >= 15 is 0 Å². The van der Waals surface area contributed by atoms with Crippen LogP contribution in [0.15, 0.2) is 0 Å². The van der Waals surface area contributed by atoms with Crippen molar-refractivity contribution in [3.05, 3.63) is 16.0 Å². The number of carboxylic acids is 1. The summed E-state index contributed by atoms with van der Waals surface area (Å²) >= 11 is 1.40. The van der Waals surface area contributed by atoms with E-state index in [1.807, 2.05) is 0 Å². The molecule has 1 aromatic rings. The first-order chi connectivity index (χ1) is 10.9. The highest BCUT2D eigenvalue weighted by atomic mass is 32.1. The van der Waals surface area contributed by atoms with Crippen molar-refractivity contribution in [1.29, 1.82) is 0 Å². The lowest BCUT2D eigenvalue weighted by molar-refractivity contribution is -0.138. The maximum absolute atomic E-state index is 12.3. The second-order valence-electron chi connectivity index (χ2n) is 5.60. The van der Waals surface area contributed by atoms with E-state index in [9.17, 15) is 14.4 Å². The summed E-state index contributed by atoms with van der Waals surface area (Å²) in [4.78, 5) is 35.9. The van der Waals surface area contributed by atoms with Gasteiger partial charge in [0.05, 0.1) is 18.6 Å². The molecule has 2 N–H and O–H groups in total. The van der Waals surface area contributed by atoms with E-state index in [1.54, 1.807) is 6.92 Å². The molecule has 23 heavy (non-hydrogen) atoms. The smallest absolute Gasteiger partial charge is 0.341 e. The molecule has 0 saturated heterocycles. The minimum atomic E-state index is -1.02. The highest BCUT2D eigenvalue weighted by molar-refractivity contribution is 7.17. The highest BCUT2D eigenvalue weighted by Gasteiger charge is 2.30. The van der Waals surface area contributed by atoms with Gasteiger partial charge >= 0.3 is 11.9 Å². The summed E-state index contributed by atoms with van der Waals surface area (Å²) in [7, 11) is 0. The Bertz CT molecular complexity index is 622. The number of aryl methyl sites for hydroxylation is 1. The van der Waals surface area contributed by atoms with Crippen molar-refractivity contribution in [2.75, 3.05) is 11.9 Å². The van der Waals surface area contributed by atoms with Gasteiger partial charge in [-0.15, -0.1) is 11.3 Å². The lowest BCUT2D eigenvalue weighted by Crippen LogP contribution is -2.17. The molecule has 1 aliphatic carbocycles. The van der Waals surface area contributed by atoms with Crippen molar-refractivity contribution in [2.24, 2.45) is 0 Å². The number of carbonyl (C=O) groups is 3. The molecule has 0 unspecified atom stereocenters. The average molecular weight is 339 g/mol. The van der Waals surface area contributed by atoms with Crippen LogP contribution in [0.1, 0.15) is 66.2 Å². The zero-order chi connectivity index (χ0) is 17.0. The number of anilines is 1. The molecule has 0 aromatic carbocycles. The van der Waals surface area contributed by atoms with Gasteiger partial charge in [0.2, 0.25) is 5.91 Å². The fraction of sp³-hybridized carbons (Fsp3) is 0.562. The van der Waals surface area contributed by atoms with Gasteiger partial charge < -0.3 is 15.2 Å². The van der Waals surface area contributed by atoms with E-state index in [4.69, 9.17) is 9.84 Å². The van der Waals surface area contributed by atoms with E-state index in [1.165, 1.54) is 11.3 Å². The molecule has 1 heterocycles. The van der Waals surface area contributed by atoms with Gasteiger partial charge in [0.1, 0.15) is 5.00 Å². The summed E-state index contributed by atoms with van der Waals surface area (Å²) in [5, 5.41) is 11.8. The number of amides is 1. The first-order valence-electron chi connectivity index (χ1n) is 7.78. The molecule has 2 rings (SSSR count). The van der Waals surface area contributed by atoms with E-state index in [2.05, 4.69) is 12.2 Å². The predicted octanol–water partition coefficient (Wildman–Crippen LogP) is 3.17. The number of aliphatic carboxylic acids is 1. The quantitative estimate of drug-likeness (QED) is 0.777. The number of hydrogen-bond donors (Lipinski definition) is 2. The fourth-order valence-corrected chi connectivity index (χ4v) is 4.18. The van der Waals surface area contributed by atoms with Crippen molar-refractivity contribution in [3.8, 4) is 0 Å². The third-order valence-corrected chi connectivity index (χ3v) is 5.04. The highest BCUT2D eigenvalue weighted by Crippen LogP contribution is 2.43. The van der Waals surface area contributed by atoms with Crippen molar-refractivity contribution in [3.63, 3.8) is 0 Å². The van der Waals surface area contributed by atoms with Crippen LogP contribution in [0.25, 0.3) is 0 Å². The van der Waals surface area contributed by atoms with Crippen molar-refractivity contribution in [1.82, 2.24) is 0 Å². The summed E-state index contributed by atoms with van der Waals surface area (Å²) < 4.78 is 5.14. The number of nitrogens with one attached hydrogen (secondary N) is 1. The van der Waals surface area contributed by atoms with Crippen LogP contribution >= 0.6 is 11.3 Å². The van der Waals surface area contributed by atoms with Crippen molar-refractivity contribution < 1.29 is 24.2 Å². The Balaban J connectivity index is 2.29. The van der Waals surface area contributed by atoms with Gasteiger partial charge in [0.15, 0.2) is 0 Å². The average Bonchev–Trinajstić information content (AvgIpc) is 2.84. The molecule has 7 heteroatoms. The molecule has 0 spiro atoms. The van der Waals surface area contributed by atoms with Crippen LogP contribution in [0, 0.1) is 0 Å². The molecule has 0 bridgehead atoms. The zero-order valence-corrected chi connectivity index (χ0v) is 14.1. The number of rotatable bonds is 6. The third kappa shape index (κ3) is 4.10. The first-order valence-corrected chi connectivity index (χ1v) is 8.60. The molecule has 1 atom stereocenters. The second kappa shape index (κ2) is 7.59. The summed E-state index contributed by atoms with van der Waals surface area (Å²) in [5.74, 6) is -1.60. The lowest BCUT2D eigenvalue weighted by atomic mass is 9.86. The van der Waals surface area contributed by atoms with Crippen LogP contribution in [0.3, 0.4) is 0 Å². The third-order valence-electron chi connectivity index (χ3n) is 3.85. The van der Waals surface area contributed by atoms with Crippen LogP contribution in [0.4, 0.5) is 5.00 Å². The number of ether oxygens (including phenoxy) is 1. The van der Waals surface area contributed by atoms with Crippen LogP contribution in [0.5, 0.6) is 0 Å². The van der Waals surface area contributed by atoms with Gasteiger partial charge in [-0.25, -0.2) is 4.79 Å². The van der Waals surface area contributed by atoms with Gasteiger partial charge in [-0.3, -0.25) is 9.59 Å². The van der Waals surface area contributed by atoms with Crippen LogP contribution in [0.2, 0.25) is 0 Å². The lowest BCUT2D eigenvalue weighted by Gasteiger charge is -2.19. The number of carboxylic acid groups (broad SMARTS) is 1. The number of hydrogen-bond acceptors (Lipinski definition) is 5. The van der Waals surface area contributed by atoms with Crippen LogP contribution in [-0.4, -0.2) is 29.6 Å². The largest absolute Gasteiger partial charge is 0.481 e. The maximum atomic E-state index is 12.3. The van der Waals surface area contributed by atoms with E-state index in [0.717, 1.165) is 29.7 Å². The van der Waals surface area contributed by atoms with Gasteiger partial charge in [0.25, 0.3) is 0 Å². The van der Waals surface area contributed by atoms with E-state index < -0.39 is 17.8 Å². The summed E-state index contributed by atoms with van der Waals surface area (Å²) in [5.41, 5.74) is 1.43. The number of fused-ring (bicyclic) bond motifs is 1. The predicted molar refractivity (Wildman–Crippen MR) is 87.1 cm³/mol. The Kier molecular flexibility index (Phi) is 5.76. The standard InChI is InChI=1S/C16H21NO5S/c1-3-22-16(21)14-13-9(2)5-4-6-10(13)23-15(14)17-11(18)7-8-12(19)20/h9H,3-8H2,1-2H3,(H,17,18)(H,19,20)/t9-/m0/s1. The Morgan fingerprint density at radius 1 is 1.35 bits per heavy atom. The minimum absolute atomic E-state index is 0.115. The molecule has 0 radical (unpaired) electrons. The minimum Gasteiger partial charge on any atom is -0.481 e. The molecule has 6 nitrogen and oxygen atoms in total. The molecule has 0 fully saturated rings.